The van der Waals surface area contributed by atoms with Gasteiger partial charge in [-0.15, -0.1) is 0 Å². The second kappa shape index (κ2) is 8.59. The minimum atomic E-state index is -0.423. The molecule has 0 spiro atoms. The maximum absolute atomic E-state index is 11.6. The third-order valence-electron chi connectivity index (χ3n) is 3.46. The number of likely N-dealkylation sites (tertiary alicyclic amines) is 1. The highest BCUT2D eigenvalue weighted by molar-refractivity contribution is 5.67. The Morgan fingerprint density at radius 2 is 2.10 bits per heavy atom. The van der Waals surface area contributed by atoms with E-state index in [1.54, 1.807) is 0 Å². The van der Waals surface area contributed by atoms with Crippen molar-refractivity contribution in [2.75, 3.05) is 39.3 Å². The molecule has 1 rings (SSSR count). The van der Waals surface area contributed by atoms with Crippen molar-refractivity contribution in [2.24, 2.45) is 11.8 Å². The summed E-state index contributed by atoms with van der Waals surface area (Å²) in [6.07, 6.45) is 0.847. The highest BCUT2D eigenvalue weighted by Crippen LogP contribution is 2.15. The molecule has 1 heterocycles. The van der Waals surface area contributed by atoms with Gasteiger partial charge in [-0.2, -0.15) is 0 Å². The van der Waals surface area contributed by atoms with Crippen molar-refractivity contribution in [1.82, 2.24) is 15.5 Å². The minimum absolute atomic E-state index is 0.306. The molecule has 0 saturated carbocycles. The van der Waals surface area contributed by atoms with Gasteiger partial charge >= 0.3 is 6.09 Å². The molecule has 0 bridgehead atoms. The van der Waals surface area contributed by atoms with Gasteiger partial charge in [0.1, 0.15) is 5.60 Å². The molecule has 21 heavy (non-hydrogen) atoms. The summed E-state index contributed by atoms with van der Waals surface area (Å²) in [5.74, 6) is 1.25. The van der Waals surface area contributed by atoms with Crippen molar-refractivity contribution in [3.63, 3.8) is 0 Å². The van der Waals surface area contributed by atoms with E-state index >= 15 is 0 Å². The largest absolute Gasteiger partial charge is 0.444 e. The van der Waals surface area contributed by atoms with Crippen LogP contribution >= 0.6 is 0 Å². The van der Waals surface area contributed by atoms with Gasteiger partial charge in [0.2, 0.25) is 0 Å². The zero-order valence-electron chi connectivity index (χ0n) is 14.4. The topological polar surface area (TPSA) is 53.6 Å². The van der Waals surface area contributed by atoms with Crippen molar-refractivity contribution in [3.8, 4) is 0 Å². The predicted octanol–water partition coefficient (Wildman–Crippen LogP) is 2.08. The third-order valence-corrected chi connectivity index (χ3v) is 3.46. The summed E-state index contributed by atoms with van der Waals surface area (Å²) in [4.78, 5) is 14.1. The van der Waals surface area contributed by atoms with E-state index in [1.165, 1.54) is 0 Å². The van der Waals surface area contributed by atoms with Crippen molar-refractivity contribution in [2.45, 2.75) is 46.6 Å². The van der Waals surface area contributed by atoms with Crippen LogP contribution < -0.4 is 10.6 Å². The molecule has 1 saturated heterocycles. The fourth-order valence-electron chi connectivity index (χ4n) is 2.45. The van der Waals surface area contributed by atoms with E-state index in [1.807, 2.05) is 20.8 Å². The molecule has 1 fully saturated rings. The lowest BCUT2D eigenvalue weighted by Gasteiger charge is -2.21. The summed E-state index contributed by atoms with van der Waals surface area (Å²) < 4.78 is 5.25. The summed E-state index contributed by atoms with van der Waals surface area (Å²) >= 11 is 0. The number of nitrogens with zero attached hydrogens (tertiary/aromatic N) is 1. The first-order chi connectivity index (χ1) is 9.76. The molecule has 124 valence electrons. The fourth-order valence-corrected chi connectivity index (χ4v) is 2.45. The molecule has 1 amide bonds. The molecule has 1 unspecified atom stereocenters. The first kappa shape index (κ1) is 18.2. The number of nitrogens with one attached hydrogen (secondary N) is 2. The number of carbonyl (C=O) groups is 1. The number of carbonyl (C=O) groups excluding carboxylic acids is 1. The monoisotopic (exact) mass is 299 g/mol. The van der Waals surface area contributed by atoms with E-state index in [4.69, 9.17) is 4.74 Å². The first-order valence-electron chi connectivity index (χ1n) is 8.16. The van der Waals surface area contributed by atoms with E-state index in [9.17, 15) is 4.79 Å². The van der Waals surface area contributed by atoms with Crippen LogP contribution in [0.3, 0.4) is 0 Å². The molecular formula is C16H33N3O2. The Morgan fingerprint density at radius 1 is 1.38 bits per heavy atom. The van der Waals surface area contributed by atoms with Gasteiger partial charge in [-0.1, -0.05) is 13.8 Å². The van der Waals surface area contributed by atoms with Gasteiger partial charge in [0, 0.05) is 26.2 Å². The number of amides is 1. The fraction of sp³-hybridized carbons (Fsp3) is 0.938. The van der Waals surface area contributed by atoms with E-state index in [-0.39, 0.29) is 6.09 Å². The molecule has 5 heteroatoms. The Hall–Kier alpha value is -0.810. The van der Waals surface area contributed by atoms with Gasteiger partial charge in [-0.25, -0.2) is 4.79 Å². The summed E-state index contributed by atoms with van der Waals surface area (Å²) in [6.45, 7) is 16.2. The van der Waals surface area contributed by atoms with E-state index < -0.39 is 5.60 Å². The van der Waals surface area contributed by atoms with Crippen LogP contribution in [0.15, 0.2) is 0 Å². The van der Waals surface area contributed by atoms with Crippen molar-refractivity contribution < 1.29 is 9.53 Å². The molecule has 0 aromatic rings. The van der Waals surface area contributed by atoms with Gasteiger partial charge in [-0.05, 0) is 52.1 Å². The second-order valence-corrected chi connectivity index (χ2v) is 7.44. The summed E-state index contributed by atoms with van der Waals surface area (Å²) in [6, 6.07) is 0. The molecule has 0 aromatic heterocycles. The summed E-state index contributed by atoms with van der Waals surface area (Å²) in [7, 11) is 0. The molecule has 1 atom stereocenters. The van der Waals surface area contributed by atoms with E-state index in [2.05, 4.69) is 29.4 Å². The van der Waals surface area contributed by atoms with Crippen LogP contribution in [0.25, 0.3) is 0 Å². The maximum atomic E-state index is 11.6. The van der Waals surface area contributed by atoms with Crippen molar-refractivity contribution in [3.05, 3.63) is 0 Å². The van der Waals surface area contributed by atoms with Crippen molar-refractivity contribution in [1.29, 1.82) is 0 Å². The highest BCUT2D eigenvalue weighted by atomic mass is 16.6. The number of alkyl carbamates (subject to hydrolysis) is 1. The number of hydrogen-bond donors (Lipinski definition) is 2. The number of hydrogen-bond acceptors (Lipinski definition) is 4. The Labute approximate surface area is 129 Å². The molecule has 5 nitrogen and oxygen atoms in total. The van der Waals surface area contributed by atoms with Gasteiger partial charge in [0.05, 0.1) is 0 Å². The number of ether oxygens (including phenoxy) is 1. The van der Waals surface area contributed by atoms with Crippen LogP contribution in [0.4, 0.5) is 4.79 Å². The standard InChI is InChI=1S/C16H33N3O2/c1-13(2)10-17-7-9-19-8-6-14(12-19)11-18-15(20)21-16(3,4)5/h13-14,17H,6-12H2,1-5H3,(H,18,20). The Kier molecular flexibility index (Phi) is 7.46. The quantitative estimate of drug-likeness (QED) is 0.707. The summed E-state index contributed by atoms with van der Waals surface area (Å²) in [5, 5.41) is 6.35. The third kappa shape index (κ3) is 8.94. The van der Waals surface area contributed by atoms with Gasteiger partial charge in [0.15, 0.2) is 0 Å². The molecule has 1 aliphatic heterocycles. The van der Waals surface area contributed by atoms with Crippen LogP contribution in [0.2, 0.25) is 0 Å². The van der Waals surface area contributed by atoms with Gasteiger partial charge in [-0.3, -0.25) is 0 Å². The zero-order valence-corrected chi connectivity index (χ0v) is 14.4. The van der Waals surface area contributed by atoms with E-state index in [0.29, 0.717) is 18.4 Å². The maximum Gasteiger partial charge on any atom is 0.407 e. The SMILES string of the molecule is CC(C)CNCCN1CCC(CNC(=O)OC(C)(C)C)C1. The predicted molar refractivity (Wildman–Crippen MR) is 86.5 cm³/mol. The van der Waals surface area contributed by atoms with E-state index in [0.717, 1.165) is 39.1 Å². The Balaban J connectivity index is 2.10. The van der Waals surface area contributed by atoms with Crippen LogP contribution in [0, 0.1) is 11.8 Å². The molecule has 2 N–H and O–H groups in total. The minimum Gasteiger partial charge on any atom is -0.444 e. The molecule has 0 aromatic carbocycles. The van der Waals surface area contributed by atoms with Gasteiger partial charge in [0.25, 0.3) is 0 Å². The Morgan fingerprint density at radius 3 is 2.71 bits per heavy atom. The molecular weight excluding hydrogens is 266 g/mol. The zero-order chi connectivity index (χ0) is 15.9. The van der Waals surface area contributed by atoms with Crippen molar-refractivity contribution >= 4 is 6.09 Å². The molecule has 0 aliphatic carbocycles. The first-order valence-corrected chi connectivity index (χ1v) is 8.16. The average Bonchev–Trinajstić information content (AvgIpc) is 2.78. The number of rotatable bonds is 7. The van der Waals surface area contributed by atoms with Gasteiger partial charge < -0.3 is 20.3 Å². The normalized spacial score (nSPS) is 20.0. The lowest BCUT2D eigenvalue weighted by atomic mass is 10.1. The lowest BCUT2D eigenvalue weighted by Crippen LogP contribution is -2.36. The molecule has 1 aliphatic rings. The summed E-state index contributed by atoms with van der Waals surface area (Å²) in [5.41, 5.74) is -0.423. The highest BCUT2D eigenvalue weighted by Gasteiger charge is 2.23. The van der Waals surface area contributed by atoms with Crippen LogP contribution in [-0.2, 0) is 4.74 Å². The molecule has 0 radical (unpaired) electrons. The van der Waals surface area contributed by atoms with Crippen LogP contribution in [0.5, 0.6) is 0 Å². The van der Waals surface area contributed by atoms with Crippen LogP contribution in [0.1, 0.15) is 41.0 Å². The van der Waals surface area contributed by atoms with Crippen LogP contribution in [-0.4, -0.2) is 55.9 Å². The lowest BCUT2D eigenvalue weighted by molar-refractivity contribution is 0.0519. The average molecular weight is 299 g/mol. The Bertz CT molecular complexity index is 313. The smallest absolute Gasteiger partial charge is 0.407 e. The second-order valence-electron chi connectivity index (χ2n) is 7.44.